The first kappa shape index (κ1) is 26.0. The molecule has 0 aromatic carbocycles. The van der Waals surface area contributed by atoms with Gasteiger partial charge in [0.2, 0.25) is 5.91 Å². The maximum atomic E-state index is 12.0. The minimum atomic E-state index is 0.0306. The van der Waals surface area contributed by atoms with E-state index in [1.54, 1.807) is 14.0 Å². The fourth-order valence-electron chi connectivity index (χ4n) is 9.76. The summed E-state index contributed by atoms with van der Waals surface area (Å²) in [6, 6.07) is 0.0306. The van der Waals surface area contributed by atoms with E-state index < -0.39 is 0 Å². The third kappa shape index (κ3) is 4.69. The smallest absolute Gasteiger partial charge is 0.217 e. The van der Waals surface area contributed by atoms with Gasteiger partial charge in [0.25, 0.3) is 0 Å². The van der Waals surface area contributed by atoms with E-state index in [1.165, 1.54) is 57.8 Å². The van der Waals surface area contributed by atoms with Crippen molar-refractivity contribution in [3.05, 3.63) is 0 Å². The minimum absolute atomic E-state index is 0.0306. The molecule has 34 heavy (non-hydrogen) atoms. The topological polar surface area (TPSA) is 50.7 Å². The molecule has 1 amide bonds. The van der Waals surface area contributed by atoms with Crippen LogP contribution in [0.3, 0.4) is 0 Å². The van der Waals surface area contributed by atoms with Crippen molar-refractivity contribution in [1.29, 1.82) is 0 Å². The molecular weight excluding hydrogens is 420 g/mol. The molecule has 0 radical (unpaired) electrons. The molecule has 4 saturated carbocycles. The molecule has 0 saturated heterocycles. The highest BCUT2D eigenvalue weighted by molar-refractivity contribution is 5.93. The van der Waals surface area contributed by atoms with E-state index in [0.29, 0.717) is 16.7 Å². The van der Waals surface area contributed by atoms with E-state index in [4.69, 9.17) is 4.84 Å². The van der Waals surface area contributed by atoms with Crippen LogP contribution < -0.4 is 5.32 Å². The molecule has 0 aromatic rings. The summed E-state index contributed by atoms with van der Waals surface area (Å²) in [4.78, 5) is 17.2. The molecule has 0 spiro atoms. The molecule has 0 heterocycles. The lowest BCUT2D eigenvalue weighted by atomic mass is 9.44. The van der Waals surface area contributed by atoms with Gasteiger partial charge in [-0.2, -0.15) is 0 Å². The van der Waals surface area contributed by atoms with Crippen LogP contribution in [0.2, 0.25) is 0 Å². The monoisotopic (exact) mass is 472 g/mol. The van der Waals surface area contributed by atoms with Crippen molar-refractivity contribution in [1.82, 2.24) is 5.32 Å². The zero-order chi connectivity index (χ0) is 24.7. The predicted molar refractivity (Wildman–Crippen MR) is 141 cm³/mol. The van der Waals surface area contributed by atoms with Crippen LogP contribution in [-0.4, -0.2) is 24.8 Å². The standard InChI is InChI=1S/C30H52N2O2/c1-19(2)9-8-10-20(3)24-13-14-25-23-12-11-22-17-27(32-34-7)28(31-21(4)33)18-30(22,6)26(23)15-16-29(24,25)5/h19-20,22-26,28H,8-18H2,1-7H3,(H,31,33)/b32-27+/t20-,22+,23+,24-,25+,26+,28-,29-,30+/m1/s1. The van der Waals surface area contributed by atoms with Crippen LogP contribution in [0.25, 0.3) is 0 Å². The van der Waals surface area contributed by atoms with Crippen LogP contribution in [0.4, 0.5) is 0 Å². The van der Waals surface area contributed by atoms with Gasteiger partial charge < -0.3 is 10.2 Å². The Kier molecular flexibility index (Phi) is 7.75. The van der Waals surface area contributed by atoms with Gasteiger partial charge in [-0.3, -0.25) is 4.79 Å². The van der Waals surface area contributed by atoms with Gasteiger partial charge in [-0.05, 0) is 104 Å². The number of amides is 1. The zero-order valence-corrected chi connectivity index (χ0v) is 23.2. The van der Waals surface area contributed by atoms with Gasteiger partial charge in [-0.25, -0.2) is 0 Å². The second kappa shape index (κ2) is 10.1. The Balaban J connectivity index is 1.50. The van der Waals surface area contributed by atoms with E-state index in [0.717, 1.165) is 54.1 Å². The van der Waals surface area contributed by atoms with E-state index >= 15 is 0 Å². The minimum Gasteiger partial charge on any atom is -0.399 e. The Morgan fingerprint density at radius 1 is 1.06 bits per heavy atom. The summed E-state index contributed by atoms with van der Waals surface area (Å²) < 4.78 is 0. The Hall–Kier alpha value is -1.06. The maximum absolute atomic E-state index is 12.0. The van der Waals surface area contributed by atoms with Gasteiger partial charge >= 0.3 is 0 Å². The summed E-state index contributed by atoms with van der Waals surface area (Å²) in [7, 11) is 1.63. The first-order chi connectivity index (χ1) is 16.1. The van der Waals surface area contributed by atoms with Gasteiger partial charge in [-0.1, -0.05) is 59.0 Å². The summed E-state index contributed by atoms with van der Waals surface area (Å²) in [5, 5.41) is 7.60. The Labute approximate surface area is 209 Å². The summed E-state index contributed by atoms with van der Waals surface area (Å²) in [5.74, 6) is 5.88. The second-order valence-corrected chi connectivity index (χ2v) is 13.6. The average molecular weight is 473 g/mol. The van der Waals surface area contributed by atoms with Crippen LogP contribution in [0, 0.1) is 52.3 Å². The highest BCUT2D eigenvalue weighted by atomic mass is 16.6. The van der Waals surface area contributed by atoms with Gasteiger partial charge in [-0.15, -0.1) is 0 Å². The second-order valence-electron chi connectivity index (χ2n) is 13.6. The quantitative estimate of drug-likeness (QED) is 0.397. The molecule has 0 bridgehead atoms. The molecule has 9 atom stereocenters. The van der Waals surface area contributed by atoms with Crippen LogP contribution in [0.1, 0.15) is 112 Å². The number of carbonyl (C=O) groups excluding carboxylic acids is 1. The van der Waals surface area contributed by atoms with Crippen LogP contribution in [-0.2, 0) is 9.63 Å². The Morgan fingerprint density at radius 2 is 1.79 bits per heavy atom. The fraction of sp³-hybridized carbons (Fsp3) is 0.933. The number of carbonyl (C=O) groups is 1. The van der Waals surface area contributed by atoms with Crippen LogP contribution >= 0.6 is 0 Å². The molecule has 4 fully saturated rings. The normalized spacial score (nSPS) is 43.7. The zero-order valence-electron chi connectivity index (χ0n) is 23.2. The van der Waals surface area contributed by atoms with Crippen molar-refractivity contribution < 1.29 is 9.63 Å². The van der Waals surface area contributed by atoms with Crippen LogP contribution in [0.15, 0.2) is 5.16 Å². The van der Waals surface area contributed by atoms with E-state index in [-0.39, 0.29) is 11.9 Å². The third-order valence-corrected chi connectivity index (χ3v) is 11.4. The number of oxime groups is 1. The Morgan fingerprint density at radius 3 is 2.47 bits per heavy atom. The van der Waals surface area contributed by atoms with Crippen molar-refractivity contribution in [2.24, 2.45) is 57.4 Å². The van der Waals surface area contributed by atoms with Crippen molar-refractivity contribution in [2.45, 2.75) is 118 Å². The highest BCUT2D eigenvalue weighted by Gasteiger charge is 2.61. The maximum Gasteiger partial charge on any atom is 0.217 e. The molecule has 4 aliphatic carbocycles. The van der Waals surface area contributed by atoms with Gasteiger partial charge in [0.05, 0.1) is 11.8 Å². The first-order valence-electron chi connectivity index (χ1n) is 14.5. The lowest BCUT2D eigenvalue weighted by molar-refractivity contribution is -0.122. The highest BCUT2D eigenvalue weighted by Crippen LogP contribution is 2.68. The number of fused-ring (bicyclic) bond motifs is 5. The summed E-state index contributed by atoms with van der Waals surface area (Å²) in [6.45, 7) is 14.2. The van der Waals surface area contributed by atoms with Crippen molar-refractivity contribution in [3.8, 4) is 0 Å². The number of hydrogen-bond acceptors (Lipinski definition) is 3. The number of nitrogens with zero attached hydrogens (tertiary/aromatic N) is 1. The molecule has 4 nitrogen and oxygen atoms in total. The summed E-state index contributed by atoms with van der Waals surface area (Å²) in [5.41, 5.74) is 1.89. The van der Waals surface area contributed by atoms with Gasteiger partial charge in [0.15, 0.2) is 0 Å². The molecule has 0 aliphatic heterocycles. The van der Waals surface area contributed by atoms with Crippen molar-refractivity contribution >= 4 is 11.6 Å². The average Bonchev–Trinajstić information content (AvgIpc) is 3.11. The first-order valence-corrected chi connectivity index (χ1v) is 14.5. The van der Waals surface area contributed by atoms with E-state index in [2.05, 4.69) is 45.1 Å². The number of hydrogen-bond donors (Lipinski definition) is 1. The largest absolute Gasteiger partial charge is 0.399 e. The summed E-state index contributed by atoms with van der Waals surface area (Å²) in [6.07, 6.45) is 14.6. The fourth-order valence-corrected chi connectivity index (χ4v) is 9.76. The van der Waals surface area contributed by atoms with E-state index in [9.17, 15) is 4.79 Å². The molecule has 0 aromatic heterocycles. The SMILES string of the molecule is CO/N=C1\C[C@@H]2CC[C@@H]3[C@H](CC[C@]4(C)[C@@H]([C@H](C)CCCC(C)C)CC[C@@H]34)[C@@]2(C)C[C@H]1NC(C)=O. The van der Waals surface area contributed by atoms with E-state index in [1.807, 2.05) is 0 Å². The van der Waals surface area contributed by atoms with Gasteiger partial charge in [0.1, 0.15) is 7.11 Å². The predicted octanol–water partition coefficient (Wildman–Crippen LogP) is 7.22. The van der Waals surface area contributed by atoms with Gasteiger partial charge in [0, 0.05) is 6.92 Å². The van der Waals surface area contributed by atoms with Crippen molar-refractivity contribution in [2.75, 3.05) is 7.11 Å². The molecule has 4 aliphatic rings. The number of nitrogens with one attached hydrogen (secondary N) is 1. The lowest BCUT2D eigenvalue weighted by Gasteiger charge is -2.61. The van der Waals surface area contributed by atoms with Crippen LogP contribution in [0.5, 0.6) is 0 Å². The molecule has 194 valence electrons. The molecular formula is C30H52N2O2. The van der Waals surface area contributed by atoms with Crippen molar-refractivity contribution in [3.63, 3.8) is 0 Å². The lowest BCUT2D eigenvalue weighted by Crippen LogP contribution is -2.58. The molecule has 4 heteroatoms. The number of rotatable bonds is 7. The molecule has 0 unspecified atom stereocenters. The third-order valence-electron chi connectivity index (χ3n) is 11.4. The molecule has 1 N–H and O–H groups in total. The summed E-state index contributed by atoms with van der Waals surface area (Å²) >= 11 is 0. The molecule has 4 rings (SSSR count). The Bertz CT molecular complexity index is 763.